The molecule has 4 heterocycles. The number of Topliss-reactive ketones (excluding diaryl/α,β-unsaturated/α-hetero) is 1. The number of nitrogens with zero attached hydrogens (tertiary/aromatic N) is 4. The fourth-order valence-corrected chi connectivity index (χ4v) is 6.67. The molecule has 1 aliphatic heterocycles. The number of rotatable bonds is 10. The van der Waals surface area contributed by atoms with Crippen LogP contribution in [-0.2, 0) is 9.59 Å². The van der Waals surface area contributed by atoms with Crippen molar-refractivity contribution in [3.63, 3.8) is 0 Å². The molecule has 1 fully saturated rings. The molecule has 238 valence electrons. The average Bonchev–Trinajstić information content (AvgIpc) is 3.69. The van der Waals surface area contributed by atoms with Crippen LogP contribution in [0.1, 0.15) is 55.7 Å². The van der Waals surface area contributed by atoms with Gasteiger partial charge in [-0.25, -0.2) is 9.97 Å². The first-order valence-corrected chi connectivity index (χ1v) is 16.0. The second-order valence-electron chi connectivity index (χ2n) is 11.6. The van der Waals surface area contributed by atoms with Crippen molar-refractivity contribution >= 4 is 49.8 Å². The van der Waals surface area contributed by atoms with Crippen molar-refractivity contribution in [2.24, 2.45) is 5.92 Å². The van der Waals surface area contributed by atoms with E-state index in [0.717, 1.165) is 16.7 Å². The monoisotopic (exact) mass is 640 g/mol. The molecule has 1 N–H and O–H groups in total. The van der Waals surface area contributed by atoms with E-state index in [1.54, 1.807) is 18.2 Å². The molecule has 1 saturated heterocycles. The number of hydrogen-bond donors (Lipinski definition) is 1. The quantitative estimate of drug-likeness (QED) is 0.0984. The minimum atomic E-state index is -1.02. The number of aliphatic hydroxyl groups excluding tert-OH is 1. The Balaban J connectivity index is 1.53. The molecular weight excluding hydrogens is 604 g/mol. The molecule has 11 heteroatoms. The Morgan fingerprint density at radius 3 is 2.57 bits per heavy atom. The number of aromatic nitrogens is 3. The number of imidazole rings is 1. The zero-order chi connectivity index (χ0) is 32.7. The fourth-order valence-electron chi connectivity index (χ4n) is 5.65. The smallest absolute Gasteiger partial charge is 0.301 e. The van der Waals surface area contributed by atoms with E-state index in [2.05, 4.69) is 13.8 Å². The summed E-state index contributed by atoms with van der Waals surface area (Å²) in [6, 6.07) is 13.6. The van der Waals surface area contributed by atoms with Crippen molar-refractivity contribution in [2.75, 3.05) is 25.2 Å². The van der Waals surface area contributed by atoms with E-state index in [1.165, 1.54) is 23.3 Å². The minimum absolute atomic E-state index is 0.0843. The van der Waals surface area contributed by atoms with Crippen LogP contribution in [-0.4, -0.2) is 51.5 Å². The Morgan fingerprint density at radius 1 is 1.04 bits per heavy atom. The minimum Gasteiger partial charge on any atom is -0.505 e. The van der Waals surface area contributed by atoms with Gasteiger partial charge in [0.2, 0.25) is 0 Å². The van der Waals surface area contributed by atoms with Gasteiger partial charge >= 0.3 is 5.91 Å². The number of aliphatic hydroxyl groups is 1. The highest BCUT2D eigenvalue weighted by molar-refractivity contribution is 7.22. The number of fused-ring (bicyclic) bond motifs is 2. The molecule has 0 bridgehead atoms. The van der Waals surface area contributed by atoms with Crippen LogP contribution in [0.3, 0.4) is 0 Å². The molecule has 3 aromatic heterocycles. The lowest BCUT2D eigenvalue weighted by molar-refractivity contribution is -0.132. The Hall–Kier alpha value is -4.90. The fraction of sp³-hybridized carbons (Fsp3) is 0.314. The van der Waals surface area contributed by atoms with Crippen molar-refractivity contribution in [3.8, 4) is 17.2 Å². The van der Waals surface area contributed by atoms with E-state index < -0.39 is 17.7 Å². The molecule has 0 aliphatic carbocycles. The number of ether oxygens (including phenoxy) is 3. The molecule has 5 aromatic rings. The third-order valence-electron chi connectivity index (χ3n) is 8.07. The van der Waals surface area contributed by atoms with Gasteiger partial charge in [0, 0.05) is 6.20 Å². The van der Waals surface area contributed by atoms with Crippen molar-refractivity contribution in [1.29, 1.82) is 0 Å². The summed E-state index contributed by atoms with van der Waals surface area (Å²) in [4.78, 5) is 38.6. The molecule has 1 aliphatic rings. The zero-order valence-electron chi connectivity index (χ0n) is 26.7. The second-order valence-corrected chi connectivity index (χ2v) is 12.6. The summed E-state index contributed by atoms with van der Waals surface area (Å²) in [6.45, 7) is 10.9. The molecule has 46 heavy (non-hydrogen) atoms. The largest absolute Gasteiger partial charge is 0.505 e. The van der Waals surface area contributed by atoms with Crippen LogP contribution in [0.2, 0.25) is 0 Å². The van der Waals surface area contributed by atoms with Crippen LogP contribution in [0.25, 0.3) is 21.6 Å². The van der Waals surface area contributed by atoms with Crippen LogP contribution in [0.5, 0.6) is 17.2 Å². The lowest BCUT2D eigenvalue weighted by Gasteiger charge is -2.24. The molecule has 2 aromatic carbocycles. The second kappa shape index (κ2) is 12.5. The van der Waals surface area contributed by atoms with Gasteiger partial charge in [-0.05, 0) is 80.6 Å². The Morgan fingerprint density at radius 2 is 1.85 bits per heavy atom. The van der Waals surface area contributed by atoms with Crippen LogP contribution < -0.4 is 19.1 Å². The topological polar surface area (TPSA) is 115 Å². The highest BCUT2D eigenvalue weighted by atomic mass is 32.1. The number of carbonyl (C=O) groups is 2. The van der Waals surface area contributed by atoms with Gasteiger partial charge in [-0.3, -0.25) is 14.5 Å². The predicted molar refractivity (Wildman–Crippen MR) is 178 cm³/mol. The number of carbonyl (C=O) groups excluding carboxylic acids is 2. The summed E-state index contributed by atoms with van der Waals surface area (Å²) >= 11 is 1.27. The first-order chi connectivity index (χ1) is 22.1. The molecule has 1 atom stereocenters. The van der Waals surface area contributed by atoms with E-state index in [0.29, 0.717) is 63.9 Å². The summed E-state index contributed by atoms with van der Waals surface area (Å²) in [7, 11) is 1.54. The highest BCUT2D eigenvalue weighted by Crippen LogP contribution is 2.46. The van der Waals surface area contributed by atoms with Gasteiger partial charge in [-0.1, -0.05) is 37.3 Å². The van der Waals surface area contributed by atoms with Crippen LogP contribution in [0.4, 0.5) is 5.13 Å². The number of ketones is 1. The lowest BCUT2D eigenvalue weighted by atomic mass is 9.96. The van der Waals surface area contributed by atoms with Crippen molar-refractivity contribution in [2.45, 2.75) is 47.1 Å². The standard InChI is InChI=1S/C35H36N4O6S/c1-7-44-23-11-12-24-27(18-23)46-35(36-24)39-30(22-10-13-25(26(17-22)43-6)45-16-14-19(2)3)28(32(41)34(39)42)31(40)29-21(5)38-15-8-9-20(4)33(38)37-29/h8-13,15,17-19,30,40H,7,14,16H2,1-6H3/b31-28+. The maximum absolute atomic E-state index is 13.9. The number of aryl methyl sites for hydroxylation is 2. The van der Waals surface area contributed by atoms with Gasteiger partial charge in [0.25, 0.3) is 5.78 Å². The van der Waals surface area contributed by atoms with E-state index in [1.807, 2.05) is 61.7 Å². The van der Waals surface area contributed by atoms with Crippen LogP contribution in [0.15, 0.2) is 60.3 Å². The first-order valence-electron chi connectivity index (χ1n) is 15.2. The maximum atomic E-state index is 13.9. The number of methoxy groups -OCH3 is 1. The first kappa shape index (κ1) is 31.1. The zero-order valence-corrected chi connectivity index (χ0v) is 27.5. The summed E-state index contributed by atoms with van der Waals surface area (Å²) < 4.78 is 20.0. The third kappa shape index (κ3) is 5.44. The Bertz CT molecular complexity index is 2010. The Labute approximate surface area is 270 Å². The van der Waals surface area contributed by atoms with Gasteiger partial charge in [-0.15, -0.1) is 0 Å². The molecule has 0 saturated carbocycles. The summed E-state index contributed by atoms with van der Waals surface area (Å²) in [5.41, 5.74) is 3.52. The van der Waals surface area contributed by atoms with Crippen molar-refractivity contribution in [1.82, 2.24) is 14.4 Å². The van der Waals surface area contributed by atoms with Crippen molar-refractivity contribution in [3.05, 3.63) is 82.8 Å². The van der Waals surface area contributed by atoms with Gasteiger partial charge in [0.1, 0.15) is 17.1 Å². The summed E-state index contributed by atoms with van der Waals surface area (Å²) in [6.07, 6.45) is 2.71. The number of pyridine rings is 1. The average molecular weight is 641 g/mol. The molecular formula is C35H36N4O6S. The van der Waals surface area contributed by atoms with Gasteiger partial charge in [0.15, 0.2) is 22.4 Å². The van der Waals surface area contributed by atoms with Crippen molar-refractivity contribution < 1.29 is 28.9 Å². The van der Waals surface area contributed by atoms with Crippen LogP contribution in [0, 0.1) is 19.8 Å². The number of amides is 1. The lowest BCUT2D eigenvalue weighted by Crippen LogP contribution is -2.29. The number of hydrogen-bond acceptors (Lipinski definition) is 9. The van der Waals surface area contributed by atoms with E-state index in [4.69, 9.17) is 24.2 Å². The van der Waals surface area contributed by atoms with E-state index >= 15 is 0 Å². The molecule has 1 unspecified atom stereocenters. The van der Waals surface area contributed by atoms with Gasteiger partial charge in [-0.2, -0.15) is 0 Å². The van der Waals surface area contributed by atoms with Gasteiger partial charge < -0.3 is 23.7 Å². The SMILES string of the molecule is CCOc1ccc2nc(N3C(=O)C(=O)/C(=C(/O)c4nc5c(C)cccn5c4C)C3c3ccc(OCCC(C)C)c(OC)c3)sc2c1. The normalized spacial score (nSPS) is 16.2. The molecule has 1 amide bonds. The summed E-state index contributed by atoms with van der Waals surface area (Å²) in [5, 5.41) is 12.2. The van der Waals surface area contributed by atoms with E-state index in [9.17, 15) is 14.7 Å². The number of anilines is 1. The molecule has 0 radical (unpaired) electrons. The van der Waals surface area contributed by atoms with E-state index in [-0.39, 0.29) is 17.0 Å². The summed E-state index contributed by atoms with van der Waals surface area (Å²) in [5.74, 6) is 0.138. The molecule has 10 nitrogen and oxygen atoms in total. The maximum Gasteiger partial charge on any atom is 0.301 e. The van der Waals surface area contributed by atoms with Crippen LogP contribution >= 0.6 is 11.3 Å². The highest BCUT2D eigenvalue weighted by Gasteiger charge is 2.49. The third-order valence-corrected chi connectivity index (χ3v) is 9.09. The Kier molecular flexibility index (Phi) is 8.43. The number of thiazole rings is 1. The molecule has 6 rings (SSSR count). The molecule has 0 spiro atoms. The van der Waals surface area contributed by atoms with Gasteiger partial charge in [0.05, 0.1) is 47.8 Å². The number of benzene rings is 2. The predicted octanol–water partition coefficient (Wildman–Crippen LogP) is 7.02.